The first kappa shape index (κ1) is 19.9. The lowest BCUT2D eigenvalue weighted by Crippen LogP contribution is -2.12. The van der Waals surface area contributed by atoms with E-state index in [9.17, 15) is 9.90 Å². The van der Waals surface area contributed by atoms with Gasteiger partial charge in [0.2, 0.25) is 0 Å². The summed E-state index contributed by atoms with van der Waals surface area (Å²) >= 11 is 6.01. The highest BCUT2D eigenvalue weighted by molar-refractivity contribution is 6.30. The van der Waals surface area contributed by atoms with Gasteiger partial charge in [-0.05, 0) is 48.9 Å². The molecule has 0 unspecified atom stereocenters. The fourth-order valence-electron chi connectivity index (χ4n) is 4.09. The third-order valence-corrected chi connectivity index (χ3v) is 5.82. The van der Waals surface area contributed by atoms with Crippen LogP contribution < -0.4 is 0 Å². The van der Waals surface area contributed by atoms with Crippen molar-refractivity contribution in [1.82, 2.24) is 4.98 Å². The largest absolute Gasteiger partial charge is 0.478 e. The number of nitrogens with zero attached hydrogens (tertiary/aromatic N) is 1. The van der Waals surface area contributed by atoms with Gasteiger partial charge in [0.15, 0.2) is 0 Å². The van der Waals surface area contributed by atoms with Gasteiger partial charge in [-0.3, -0.25) is 4.98 Å². The van der Waals surface area contributed by atoms with Gasteiger partial charge >= 0.3 is 5.97 Å². The zero-order valence-electron chi connectivity index (χ0n) is 16.0. The van der Waals surface area contributed by atoms with E-state index in [-0.39, 0.29) is 0 Å². The van der Waals surface area contributed by atoms with Gasteiger partial charge in [-0.1, -0.05) is 69.2 Å². The maximum atomic E-state index is 11.9. The summed E-state index contributed by atoms with van der Waals surface area (Å²) in [5.41, 5.74) is 3.96. The van der Waals surface area contributed by atoms with Crippen LogP contribution in [0, 0.1) is 5.92 Å². The lowest BCUT2D eigenvalue weighted by atomic mass is 9.85. The molecule has 0 aliphatic heterocycles. The van der Waals surface area contributed by atoms with Gasteiger partial charge in [0.1, 0.15) is 0 Å². The standard InChI is InChI=1S/C23H28ClNO2/c1-2-6-21-19(17-10-12-18(24)13-11-17)15-20(23(26)27)22(25-21)14-9-16-7-4-3-5-8-16/h10-13,15-16H,2-9,14H2,1H3,(H,26,27). The minimum atomic E-state index is -0.889. The molecule has 1 aliphatic carbocycles. The molecular weight excluding hydrogens is 358 g/mol. The Hall–Kier alpha value is -1.87. The summed E-state index contributed by atoms with van der Waals surface area (Å²) in [4.78, 5) is 16.8. The van der Waals surface area contributed by atoms with E-state index in [2.05, 4.69) is 6.92 Å². The number of hydrogen-bond donors (Lipinski definition) is 1. The van der Waals surface area contributed by atoms with E-state index in [0.29, 0.717) is 16.5 Å². The number of aromatic nitrogens is 1. The van der Waals surface area contributed by atoms with Crippen LogP contribution in [0.15, 0.2) is 30.3 Å². The number of pyridine rings is 1. The Bertz CT molecular complexity index is 780. The van der Waals surface area contributed by atoms with Gasteiger partial charge in [0, 0.05) is 16.3 Å². The van der Waals surface area contributed by atoms with Crippen molar-refractivity contribution in [3.05, 3.63) is 52.3 Å². The van der Waals surface area contributed by atoms with Crippen LogP contribution in [0.2, 0.25) is 5.02 Å². The van der Waals surface area contributed by atoms with Crippen molar-refractivity contribution in [1.29, 1.82) is 0 Å². The molecule has 1 aliphatic rings. The molecule has 1 aromatic heterocycles. The first-order valence-electron chi connectivity index (χ1n) is 10.1. The number of benzene rings is 1. The van der Waals surface area contributed by atoms with Crippen molar-refractivity contribution in [3.63, 3.8) is 0 Å². The Morgan fingerprint density at radius 3 is 2.44 bits per heavy atom. The van der Waals surface area contributed by atoms with Crippen molar-refractivity contribution in [2.45, 2.75) is 64.7 Å². The number of aromatic carboxylic acids is 1. The maximum Gasteiger partial charge on any atom is 0.337 e. The van der Waals surface area contributed by atoms with Crippen molar-refractivity contribution < 1.29 is 9.90 Å². The van der Waals surface area contributed by atoms with E-state index in [1.165, 1.54) is 32.1 Å². The number of carboxylic acids is 1. The third kappa shape index (κ3) is 5.10. The molecule has 1 saturated carbocycles. The Labute approximate surface area is 166 Å². The summed E-state index contributed by atoms with van der Waals surface area (Å²) in [5.74, 6) is -0.174. The average molecular weight is 386 g/mol. The van der Waals surface area contributed by atoms with E-state index in [4.69, 9.17) is 16.6 Å². The van der Waals surface area contributed by atoms with E-state index < -0.39 is 5.97 Å². The first-order valence-corrected chi connectivity index (χ1v) is 10.5. The van der Waals surface area contributed by atoms with E-state index >= 15 is 0 Å². The molecule has 27 heavy (non-hydrogen) atoms. The summed E-state index contributed by atoms with van der Waals surface area (Å²) in [6.07, 6.45) is 10.1. The molecule has 1 heterocycles. The van der Waals surface area contributed by atoms with Crippen LogP contribution in [-0.4, -0.2) is 16.1 Å². The zero-order chi connectivity index (χ0) is 19.2. The highest BCUT2D eigenvalue weighted by Gasteiger charge is 2.20. The van der Waals surface area contributed by atoms with Crippen LogP contribution in [0.4, 0.5) is 0 Å². The molecule has 0 radical (unpaired) electrons. The molecular formula is C23H28ClNO2. The van der Waals surface area contributed by atoms with Gasteiger partial charge in [-0.15, -0.1) is 0 Å². The van der Waals surface area contributed by atoms with Crippen LogP contribution >= 0.6 is 11.6 Å². The van der Waals surface area contributed by atoms with E-state index in [1.54, 1.807) is 0 Å². The number of carboxylic acid groups (broad SMARTS) is 1. The molecule has 3 nitrogen and oxygen atoms in total. The number of hydrogen-bond acceptors (Lipinski definition) is 2. The highest BCUT2D eigenvalue weighted by atomic mass is 35.5. The zero-order valence-corrected chi connectivity index (χ0v) is 16.8. The topological polar surface area (TPSA) is 50.2 Å². The number of aryl methyl sites for hydroxylation is 2. The molecule has 0 atom stereocenters. The summed E-state index contributed by atoms with van der Waals surface area (Å²) in [6.45, 7) is 2.13. The molecule has 4 heteroatoms. The van der Waals surface area contributed by atoms with Crippen molar-refractivity contribution in [2.24, 2.45) is 5.92 Å². The van der Waals surface area contributed by atoms with Gasteiger partial charge in [-0.25, -0.2) is 4.79 Å². The molecule has 144 valence electrons. The van der Waals surface area contributed by atoms with Crippen molar-refractivity contribution >= 4 is 17.6 Å². The van der Waals surface area contributed by atoms with Gasteiger partial charge in [-0.2, -0.15) is 0 Å². The van der Waals surface area contributed by atoms with E-state index in [1.807, 2.05) is 30.3 Å². The molecule has 0 bridgehead atoms. The number of halogens is 1. The lowest BCUT2D eigenvalue weighted by Gasteiger charge is -2.22. The first-order chi connectivity index (χ1) is 13.1. The van der Waals surface area contributed by atoms with Gasteiger partial charge in [0.05, 0.1) is 11.3 Å². The molecule has 0 amide bonds. The van der Waals surface area contributed by atoms with Gasteiger partial charge in [0.25, 0.3) is 0 Å². The third-order valence-electron chi connectivity index (χ3n) is 5.57. The molecule has 1 aromatic carbocycles. The van der Waals surface area contributed by atoms with Crippen molar-refractivity contribution in [3.8, 4) is 11.1 Å². The molecule has 1 fully saturated rings. The molecule has 1 N–H and O–H groups in total. The second-order valence-electron chi connectivity index (χ2n) is 7.58. The van der Waals surface area contributed by atoms with Crippen LogP contribution in [0.1, 0.15) is 73.6 Å². The fourth-order valence-corrected chi connectivity index (χ4v) is 4.22. The second-order valence-corrected chi connectivity index (χ2v) is 8.02. The van der Waals surface area contributed by atoms with Crippen LogP contribution in [0.3, 0.4) is 0 Å². The highest BCUT2D eigenvalue weighted by Crippen LogP contribution is 2.31. The SMILES string of the molecule is CCCc1nc(CCC2CCCCC2)c(C(=O)O)cc1-c1ccc(Cl)cc1. The monoisotopic (exact) mass is 385 g/mol. The lowest BCUT2D eigenvalue weighted by molar-refractivity contribution is 0.0695. The minimum Gasteiger partial charge on any atom is -0.478 e. The normalized spacial score (nSPS) is 15.0. The Morgan fingerprint density at radius 2 is 1.81 bits per heavy atom. The Morgan fingerprint density at radius 1 is 1.11 bits per heavy atom. The van der Waals surface area contributed by atoms with E-state index in [0.717, 1.165) is 48.2 Å². The fraction of sp³-hybridized carbons (Fsp3) is 0.478. The van der Waals surface area contributed by atoms with Crippen LogP contribution in [-0.2, 0) is 12.8 Å². The second kappa shape index (κ2) is 9.36. The molecule has 0 saturated heterocycles. The summed E-state index contributed by atoms with van der Waals surface area (Å²) < 4.78 is 0. The van der Waals surface area contributed by atoms with Crippen molar-refractivity contribution in [2.75, 3.05) is 0 Å². The number of rotatable bonds is 7. The maximum absolute atomic E-state index is 11.9. The predicted molar refractivity (Wildman–Crippen MR) is 111 cm³/mol. The smallest absolute Gasteiger partial charge is 0.337 e. The summed E-state index contributed by atoms with van der Waals surface area (Å²) in [5, 5.41) is 10.5. The number of carbonyl (C=O) groups is 1. The van der Waals surface area contributed by atoms with Crippen LogP contribution in [0.5, 0.6) is 0 Å². The predicted octanol–water partition coefficient (Wildman–Crippen LogP) is 6.57. The Kier molecular flexibility index (Phi) is 6.89. The summed E-state index contributed by atoms with van der Waals surface area (Å²) in [7, 11) is 0. The average Bonchev–Trinajstić information content (AvgIpc) is 2.68. The molecule has 0 spiro atoms. The van der Waals surface area contributed by atoms with Gasteiger partial charge < -0.3 is 5.11 Å². The summed E-state index contributed by atoms with van der Waals surface area (Å²) in [6, 6.07) is 9.37. The van der Waals surface area contributed by atoms with Crippen LogP contribution in [0.25, 0.3) is 11.1 Å². The minimum absolute atomic E-state index is 0.343. The Balaban J connectivity index is 1.93. The molecule has 2 aromatic rings. The quantitative estimate of drug-likeness (QED) is 0.586. The molecule has 3 rings (SSSR count).